The van der Waals surface area contributed by atoms with Crippen molar-refractivity contribution in [2.45, 2.75) is 18.9 Å². The van der Waals surface area contributed by atoms with E-state index in [1.54, 1.807) is 0 Å². The molecule has 0 saturated carbocycles. The summed E-state index contributed by atoms with van der Waals surface area (Å²) < 4.78 is 31.0. The number of hydrogen-bond donors (Lipinski definition) is 2. The Morgan fingerprint density at radius 1 is 1.47 bits per heavy atom. The van der Waals surface area contributed by atoms with Gasteiger partial charge in [0.05, 0.1) is 12.6 Å². The van der Waals surface area contributed by atoms with Crippen LogP contribution in [0.1, 0.15) is 12.8 Å². The van der Waals surface area contributed by atoms with Crippen LogP contribution in [0.15, 0.2) is 18.2 Å². The Balaban J connectivity index is 1.70. The van der Waals surface area contributed by atoms with Gasteiger partial charge in [-0.25, -0.2) is 8.78 Å². The Kier molecular flexibility index (Phi) is 4.68. The molecule has 6 heteroatoms. The summed E-state index contributed by atoms with van der Waals surface area (Å²) in [5, 5.41) is 5.78. The van der Waals surface area contributed by atoms with Gasteiger partial charge in [0.25, 0.3) is 0 Å². The molecule has 1 atom stereocenters. The lowest BCUT2D eigenvalue weighted by atomic mass is 10.2. The highest BCUT2D eigenvalue weighted by molar-refractivity contribution is 5.81. The van der Waals surface area contributed by atoms with Gasteiger partial charge in [-0.05, 0) is 31.5 Å². The van der Waals surface area contributed by atoms with Gasteiger partial charge in [0.2, 0.25) is 5.91 Å². The summed E-state index contributed by atoms with van der Waals surface area (Å²) in [6, 6.07) is 2.98. The lowest BCUT2D eigenvalue weighted by Gasteiger charge is -2.12. The zero-order valence-electron chi connectivity index (χ0n) is 10.4. The van der Waals surface area contributed by atoms with Crippen molar-refractivity contribution in [2.75, 3.05) is 19.7 Å². The molecule has 1 unspecified atom stereocenters. The largest absolute Gasteiger partial charge is 0.489 e. The van der Waals surface area contributed by atoms with E-state index in [-0.39, 0.29) is 30.9 Å². The van der Waals surface area contributed by atoms with Crippen LogP contribution in [0.2, 0.25) is 0 Å². The molecule has 0 spiro atoms. The van der Waals surface area contributed by atoms with Crippen molar-refractivity contribution in [2.24, 2.45) is 0 Å². The second-order valence-corrected chi connectivity index (χ2v) is 4.36. The molecule has 4 nitrogen and oxygen atoms in total. The maximum absolute atomic E-state index is 13.2. The molecule has 1 aromatic carbocycles. The number of amides is 1. The van der Waals surface area contributed by atoms with Crippen LogP contribution in [-0.4, -0.2) is 31.6 Å². The number of halogens is 2. The fourth-order valence-electron chi connectivity index (χ4n) is 1.96. The van der Waals surface area contributed by atoms with Crippen LogP contribution >= 0.6 is 0 Å². The average molecular weight is 270 g/mol. The second kappa shape index (κ2) is 6.47. The molecule has 1 saturated heterocycles. The number of carbonyl (C=O) groups is 1. The minimum absolute atomic E-state index is 0.0189. The Morgan fingerprint density at radius 2 is 2.32 bits per heavy atom. The fourth-order valence-corrected chi connectivity index (χ4v) is 1.96. The highest BCUT2D eigenvalue weighted by Gasteiger charge is 2.21. The highest BCUT2D eigenvalue weighted by atomic mass is 19.1. The monoisotopic (exact) mass is 270 g/mol. The van der Waals surface area contributed by atoms with Gasteiger partial charge in [-0.3, -0.25) is 4.79 Å². The number of nitrogens with one attached hydrogen (secondary N) is 2. The van der Waals surface area contributed by atoms with Crippen LogP contribution in [0.3, 0.4) is 0 Å². The standard InChI is InChI=1S/C13H16F2N2O2/c14-9-3-4-12(10(15)8-9)19-7-6-17-13(18)11-2-1-5-16-11/h3-4,8,11,16H,1-2,5-7H2,(H,17,18). The second-order valence-electron chi connectivity index (χ2n) is 4.36. The summed E-state index contributed by atoms with van der Waals surface area (Å²) in [7, 11) is 0. The Bertz CT molecular complexity index is 448. The van der Waals surface area contributed by atoms with Crippen molar-refractivity contribution < 1.29 is 18.3 Å². The first kappa shape index (κ1) is 13.7. The van der Waals surface area contributed by atoms with Crippen LogP contribution in [0.4, 0.5) is 8.78 Å². The molecule has 1 heterocycles. The molecule has 1 fully saturated rings. The van der Waals surface area contributed by atoms with Crippen LogP contribution < -0.4 is 15.4 Å². The normalized spacial score (nSPS) is 18.3. The van der Waals surface area contributed by atoms with Gasteiger partial charge in [0, 0.05) is 6.07 Å². The number of ether oxygens (including phenoxy) is 1. The van der Waals surface area contributed by atoms with E-state index < -0.39 is 11.6 Å². The number of rotatable bonds is 5. The van der Waals surface area contributed by atoms with E-state index >= 15 is 0 Å². The van der Waals surface area contributed by atoms with Gasteiger partial charge in [-0.2, -0.15) is 0 Å². The van der Waals surface area contributed by atoms with Crippen LogP contribution in [0.5, 0.6) is 5.75 Å². The molecular formula is C13H16F2N2O2. The third-order valence-corrected chi connectivity index (χ3v) is 2.93. The summed E-state index contributed by atoms with van der Waals surface area (Å²) in [6.45, 7) is 1.28. The topological polar surface area (TPSA) is 50.4 Å². The first-order chi connectivity index (χ1) is 9.16. The molecule has 1 aliphatic rings. The molecule has 1 aliphatic heterocycles. The minimum Gasteiger partial charge on any atom is -0.489 e. The number of hydrogen-bond acceptors (Lipinski definition) is 3. The molecular weight excluding hydrogens is 254 g/mol. The van der Waals surface area contributed by atoms with Crippen molar-refractivity contribution in [1.29, 1.82) is 0 Å². The van der Waals surface area contributed by atoms with Crippen molar-refractivity contribution in [3.8, 4) is 5.75 Å². The molecule has 104 valence electrons. The maximum atomic E-state index is 13.2. The van der Waals surface area contributed by atoms with Crippen LogP contribution in [-0.2, 0) is 4.79 Å². The predicted octanol–water partition coefficient (Wildman–Crippen LogP) is 1.21. The smallest absolute Gasteiger partial charge is 0.237 e. The molecule has 0 aromatic heterocycles. The van der Waals surface area contributed by atoms with Crippen molar-refractivity contribution in [3.05, 3.63) is 29.8 Å². The first-order valence-electron chi connectivity index (χ1n) is 6.26. The van der Waals surface area contributed by atoms with Gasteiger partial charge >= 0.3 is 0 Å². The molecule has 1 aromatic rings. The fraction of sp³-hybridized carbons (Fsp3) is 0.462. The minimum atomic E-state index is -0.746. The van der Waals surface area contributed by atoms with Crippen molar-refractivity contribution >= 4 is 5.91 Å². The summed E-state index contributed by atoms with van der Waals surface area (Å²) in [5.74, 6) is -1.48. The Morgan fingerprint density at radius 3 is 3.00 bits per heavy atom. The van der Waals surface area contributed by atoms with Crippen LogP contribution in [0, 0.1) is 11.6 Å². The summed E-state index contributed by atoms with van der Waals surface area (Å²) in [5.41, 5.74) is 0. The Labute approximate surface area is 110 Å². The van der Waals surface area contributed by atoms with Gasteiger partial charge in [0.1, 0.15) is 12.4 Å². The van der Waals surface area contributed by atoms with Gasteiger partial charge < -0.3 is 15.4 Å². The van der Waals surface area contributed by atoms with E-state index in [0.29, 0.717) is 0 Å². The van der Waals surface area contributed by atoms with Crippen LogP contribution in [0.25, 0.3) is 0 Å². The van der Waals surface area contributed by atoms with E-state index in [1.165, 1.54) is 6.07 Å². The highest BCUT2D eigenvalue weighted by Crippen LogP contribution is 2.17. The quantitative estimate of drug-likeness (QED) is 0.791. The summed E-state index contributed by atoms with van der Waals surface area (Å²) in [6.07, 6.45) is 1.83. The van der Waals surface area contributed by atoms with Crippen molar-refractivity contribution in [1.82, 2.24) is 10.6 Å². The van der Waals surface area contributed by atoms with Gasteiger partial charge in [-0.1, -0.05) is 0 Å². The van der Waals surface area contributed by atoms with Gasteiger partial charge in [0.15, 0.2) is 11.6 Å². The summed E-state index contributed by atoms with van der Waals surface area (Å²) in [4.78, 5) is 11.6. The molecule has 2 rings (SSSR count). The zero-order valence-corrected chi connectivity index (χ0v) is 10.4. The molecule has 0 radical (unpaired) electrons. The zero-order chi connectivity index (χ0) is 13.7. The molecule has 2 N–H and O–H groups in total. The summed E-state index contributed by atoms with van der Waals surface area (Å²) >= 11 is 0. The Hall–Kier alpha value is -1.69. The molecule has 0 aliphatic carbocycles. The molecule has 1 amide bonds. The van der Waals surface area contributed by atoms with E-state index in [9.17, 15) is 13.6 Å². The number of benzene rings is 1. The van der Waals surface area contributed by atoms with Crippen molar-refractivity contribution in [3.63, 3.8) is 0 Å². The van der Waals surface area contributed by atoms with E-state index in [4.69, 9.17) is 4.74 Å². The first-order valence-corrected chi connectivity index (χ1v) is 6.26. The number of carbonyl (C=O) groups excluding carboxylic acids is 1. The third kappa shape index (κ3) is 3.89. The molecule has 19 heavy (non-hydrogen) atoms. The van der Waals surface area contributed by atoms with E-state index in [1.807, 2.05) is 0 Å². The lowest BCUT2D eigenvalue weighted by molar-refractivity contribution is -0.122. The predicted molar refractivity (Wildman–Crippen MR) is 65.9 cm³/mol. The van der Waals surface area contributed by atoms with E-state index in [2.05, 4.69) is 10.6 Å². The SMILES string of the molecule is O=C(NCCOc1ccc(F)cc1F)C1CCCN1. The average Bonchev–Trinajstić information content (AvgIpc) is 2.90. The maximum Gasteiger partial charge on any atom is 0.237 e. The van der Waals surface area contributed by atoms with Gasteiger partial charge in [-0.15, -0.1) is 0 Å². The molecule has 0 bridgehead atoms. The lowest BCUT2D eigenvalue weighted by Crippen LogP contribution is -2.41. The third-order valence-electron chi connectivity index (χ3n) is 2.93. The van der Waals surface area contributed by atoms with E-state index in [0.717, 1.165) is 31.5 Å².